The van der Waals surface area contributed by atoms with Gasteiger partial charge >= 0.3 is 6.36 Å². The highest BCUT2D eigenvalue weighted by Gasteiger charge is 2.31. The summed E-state index contributed by atoms with van der Waals surface area (Å²) in [6.45, 7) is 0.352. The summed E-state index contributed by atoms with van der Waals surface area (Å²) in [6, 6.07) is 5.73. The Morgan fingerprint density at radius 3 is 2.37 bits per heavy atom. The second kappa shape index (κ2) is 5.79. The minimum atomic E-state index is -4.66. The molecular weight excluding hydrogens is 259 g/mol. The molecule has 2 unspecified atom stereocenters. The van der Waals surface area contributed by atoms with Gasteiger partial charge in [0.05, 0.1) is 12.7 Å². The van der Waals surface area contributed by atoms with Crippen molar-refractivity contribution in [2.24, 2.45) is 5.73 Å². The van der Waals surface area contributed by atoms with E-state index in [0.717, 1.165) is 24.8 Å². The summed E-state index contributed by atoms with van der Waals surface area (Å²) in [5, 5.41) is 0. The third-order valence-corrected chi connectivity index (χ3v) is 3.12. The van der Waals surface area contributed by atoms with Crippen LogP contribution in [0.4, 0.5) is 13.2 Å². The van der Waals surface area contributed by atoms with Gasteiger partial charge in [-0.15, -0.1) is 13.2 Å². The van der Waals surface area contributed by atoms with Crippen LogP contribution in [0.3, 0.4) is 0 Å². The number of benzene rings is 1. The minimum Gasteiger partial charge on any atom is -0.406 e. The lowest BCUT2D eigenvalue weighted by Gasteiger charge is -2.16. The molecule has 1 aliphatic carbocycles. The van der Waals surface area contributed by atoms with Gasteiger partial charge in [0.1, 0.15) is 5.75 Å². The predicted molar refractivity (Wildman–Crippen MR) is 63.5 cm³/mol. The lowest BCUT2D eigenvalue weighted by atomic mass is 10.2. The Labute approximate surface area is 109 Å². The van der Waals surface area contributed by atoms with Gasteiger partial charge < -0.3 is 15.2 Å². The van der Waals surface area contributed by atoms with Gasteiger partial charge in [0.2, 0.25) is 0 Å². The summed E-state index contributed by atoms with van der Waals surface area (Å²) in [4.78, 5) is 0. The molecule has 19 heavy (non-hydrogen) atoms. The highest BCUT2D eigenvalue weighted by molar-refractivity contribution is 5.27. The van der Waals surface area contributed by atoms with Crippen LogP contribution >= 0.6 is 0 Å². The first-order chi connectivity index (χ1) is 8.94. The van der Waals surface area contributed by atoms with E-state index in [1.807, 2.05) is 0 Å². The molecule has 1 aliphatic rings. The van der Waals surface area contributed by atoms with Gasteiger partial charge in [0.15, 0.2) is 0 Å². The molecule has 0 amide bonds. The molecule has 0 bridgehead atoms. The summed E-state index contributed by atoms with van der Waals surface area (Å²) in [6.07, 6.45) is -1.65. The quantitative estimate of drug-likeness (QED) is 0.918. The molecule has 0 heterocycles. The standard InChI is InChI=1S/C13H16F3NO2/c14-13(15,16)19-10-6-4-9(5-7-10)8-18-12-3-1-2-11(12)17/h4-7,11-12H,1-3,8,17H2. The van der Waals surface area contributed by atoms with E-state index < -0.39 is 6.36 Å². The molecule has 1 fully saturated rings. The SMILES string of the molecule is NC1CCCC1OCc1ccc(OC(F)(F)F)cc1. The molecular formula is C13H16F3NO2. The summed E-state index contributed by atoms with van der Waals surface area (Å²) < 4.78 is 45.4. The average Bonchev–Trinajstić information content (AvgIpc) is 2.72. The van der Waals surface area contributed by atoms with Crippen molar-refractivity contribution in [1.29, 1.82) is 0 Å². The summed E-state index contributed by atoms with van der Waals surface area (Å²) in [7, 11) is 0. The average molecular weight is 275 g/mol. The lowest BCUT2D eigenvalue weighted by molar-refractivity contribution is -0.274. The monoisotopic (exact) mass is 275 g/mol. The molecule has 1 saturated carbocycles. The maximum atomic E-state index is 12.0. The number of halogens is 3. The number of hydrogen-bond donors (Lipinski definition) is 1. The van der Waals surface area contributed by atoms with Crippen LogP contribution in [0.2, 0.25) is 0 Å². The second-order valence-corrected chi connectivity index (χ2v) is 4.64. The molecule has 1 aromatic carbocycles. The van der Waals surface area contributed by atoms with Crippen molar-refractivity contribution < 1.29 is 22.6 Å². The van der Waals surface area contributed by atoms with Crippen LogP contribution in [0.15, 0.2) is 24.3 Å². The zero-order valence-corrected chi connectivity index (χ0v) is 10.3. The van der Waals surface area contributed by atoms with Crippen LogP contribution in [0, 0.1) is 0 Å². The van der Waals surface area contributed by atoms with Crippen LogP contribution in [0.1, 0.15) is 24.8 Å². The van der Waals surface area contributed by atoms with Crippen LogP contribution in [-0.4, -0.2) is 18.5 Å². The summed E-state index contributed by atoms with van der Waals surface area (Å²) in [5.74, 6) is -0.228. The molecule has 2 N–H and O–H groups in total. The molecule has 0 aliphatic heterocycles. The number of alkyl halides is 3. The first kappa shape index (κ1) is 14.1. The van der Waals surface area contributed by atoms with E-state index in [4.69, 9.17) is 10.5 Å². The smallest absolute Gasteiger partial charge is 0.406 e. The van der Waals surface area contributed by atoms with E-state index in [2.05, 4.69) is 4.74 Å². The molecule has 2 rings (SSSR count). The second-order valence-electron chi connectivity index (χ2n) is 4.64. The summed E-state index contributed by atoms with van der Waals surface area (Å²) in [5.41, 5.74) is 6.67. The number of hydrogen-bond acceptors (Lipinski definition) is 3. The maximum absolute atomic E-state index is 12.0. The Morgan fingerprint density at radius 1 is 1.16 bits per heavy atom. The number of ether oxygens (including phenoxy) is 2. The normalized spacial score (nSPS) is 23.6. The van der Waals surface area contributed by atoms with Gasteiger partial charge in [-0.2, -0.15) is 0 Å². The molecule has 0 radical (unpaired) electrons. The van der Waals surface area contributed by atoms with Crippen molar-refractivity contribution >= 4 is 0 Å². The molecule has 0 aromatic heterocycles. The van der Waals surface area contributed by atoms with Crippen molar-refractivity contribution in [3.05, 3.63) is 29.8 Å². The topological polar surface area (TPSA) is 44.5 Å². The highest BCUT2D eigenvalue weighted by atomic mass is 19.4. The van der Waals surface area contributed by atoms with Crippen molar-refractivity contribution in [3.63, 3.8) is 0 Å². The van der Waals surface area contributed by atoms with E-state index in [0.29, 0.717) is 6.61 Å². The zero-order valence-electron chi connectivity index (χ0n) is 10.3. The fourth-order valence-electron chi connectivity index (χ4n) is 2.15. The largest absolute Gasteiger partial charge is 0.573 e. The van der Waals surface area contributed by atoms with Crippen LogP contribution in [0.25, 0.3) is 0 Å². The predicted octanol–water partition coefficient (Wildman–Crippen LogP) is 2.98. The Kier molecular flexibility index (Phi) is 4.31. The molecule has 0 saturated heterocycles. The van der Waals surface area contributed by atoms with Crippen molar-refractivity contribution in [2.45, 2.75) is 44.4 Å². The van der Waals surface area contributed by atoms with E-state index in [9.17, 15) is 13.2 Å². The lowest BCUT2D eigenvalue weighted by Crippen LogP contribution is -2.31. The number of nitrogens with two attached hydrogens (primary N) is 1. The fraction of sp³-hybridized carbons (Fsp3) is 0.538. The third kappa shape index (κ3) is 4.40. The van der Waals surface area contributed by atoms with Gasteiger partial charge in [-0.05, 0) is 37.0 Å². The molecule has 6 heteroatoms. The maximum Gasteiger partial charge on any atom is 0.573 e. The Morgan fingerprint density at radius 2 is 1.84 bits per heavy atom. The van der Waals surface area contributed by atoms with Gasteiger partial charge in [-0.1, -0.05) is 12.1 Å². The summed E-state index contributed by atoms with van der Waals surface area (Å²) >= 11 is 0. The third-order valence-electron chi connectivity index (χ3n) is 3.12. The zero-order chi connectivity index (χ0) is 13.9. The minimum absolute atomic E-state index is 0.0473. The first-order valence-electron chi connectivity index (χ1n) is 6.16. The van der Waals surface area contributed by atoms with Gasteiger partial charge in [-0.25, -0.2) is 0 Å². The van der Waals surface area contributed by atoms with Gasteiger partial charge in [0, 0.05) is 6.04 Å². The Balaban J connectivity index is 1.85. The van der Waals surface area contributed by atoms with Crippen molar-refractivity contribution in [2.75, 3.05) is 0 Å². The first-order valence-corrected chi connectivity index (χ1v) is 6.16. The van der Waals surface area contributed by atoms with Crippen LogP contribution in [0.5, 0.6) is 5.75 Å². The number of rotatable bonds is 4. The molecule has 2 atom stereocenters. The van der Waals surface area contributed by atoms with Crippen molar-refractivity contribution in [3.8, 4) is 5.75 Å². The molecule has 3 nitrogen and oxygen atoms in total. The molecule has 106 valence electrons. The fourth-order valence-corrected chi connectivity index (χ4v) is 2.15. The van der Waals surface area contributed by atoms with Gasteiger partial charge in [-0.3, -0.25) is 0 Å². The van der Waals surface area contributed by atoms with E-state index in [1.165, 1.54) is 12.1 Å². The molecule has 0 spiro atoms. The van der Waals surface area contributed by atoms with Crippen molar-refractivity contribution in [1.82, 2.24) is 0 Å². The Hall–Kier alpha value is -1.27. The van der Waals surface area contributed by atoms with E-state index in [1.54, 1.807) is 12.1 Å². The van der Waals surface area contributed by atoms with Crippen LogP contribution < -0.4 is 10.5 Å². The molecule has 1 aromatic rings. The van der Waals surface area contributed by atoms with E-state index in [-0.39, 0.29) is 17.9 Å². The highest BCUT2D eigenvalue weighted by Crippen LogP contribution is 2.24. The van der Waals surface area contributed by atoms with E-state index >= 15 is 0 Å². The van der Waals surface area contributed by atoms with Gasteiger partial charge in [0.25, 0.3) is 0 Å². The Bertz CT molecular complexity index is 405. The van der Waals surface area contributed by atoms with Crippen LogP contribution in [-0.2, 0) is 11.3 Å².